The second-order valence-electron chi connectivity index (χ2n) is 11.2. The van der Waals surface area contributed by atoms with Crippen LogP contribution >= 0.6 is 0 Å². The number of benzene rings is 1. The molecular formula is C24H31NO3S. The molecule has 1 aromatic carbocycles. The van der Waals surface area contributed by atoms with Gasteiger partial charge in [-0.15, -0.1) is 0 Å². The molecule has 0 aliphatic heterocycles. The number of hydrogen-bond donors (Lipinski definition) is 1. The van der Waals surface area contributed by atoms with Crippen LogP contribution in [0.4, 0.5) is 0 Å². The summed E-state index contributed by atoms with van der Waals surface area (Å²) in [5.74, 6) is 1.91. The first kappa shape index (κ1) is 20.5. The molecule has 1 aromatic rings. The number of nitrogens with zero attached hydrogens (tertiary/aromatic N) is 1. The van der Waals surface area contributed by atoms with Gasteiger partial charge in [0.15, 0.2) is 9.84 Å². The molecule has 4 fully saturated rings. The highest BCUT2D eigenvalue weighted by molar-refractivity contribution is 7.96. The summed E-state index contributed by atoms with van der Waals surface area (Å²) in [4.78, 5) is -0.133. The fraction of sp³-hybridized carbons (Fsp3) is 0.625. The first-order valence-corrected chi connectivity index (χ1v) is 12.0. The molecule has 0 heterocycles. The van der Waals surface area contributed by atoms with Gasteiger partial charge in [-0.25, -0.2) is 8.42 Å². The molecule has 5 heteroatoms. The Balaban J connectivity index is 1.81. The van der Waals surface area contributed by atoms with Crippen LogP contribution in [-0.2, 0) is 20.7 Å². The van der Waals surface area contributed by atoms with E-state index in [1.165, 1.54) is 6.08 Å². The van der Waals surface area contributed by atoms with Gasteiger partial charge in [0.1, 0.15) is 16.7 Å². The maximum absolute atomic E-state index is 13.3. The summed E-state index contributed by atoms with van der Waals surface area (Å²) in [5.41, 5.74) is 1.56. The highest BCUT2D eigenvalue weighted by Gasteiger charge is 2.71. The zero-order valence-electron chi connectivity index (χ0n) is 18.2. The summed E-state index contributed by atoms with van der Waals surface area (Å²) in [6.45, 7) is 12.1. The van der Waals surface area contributed by atoms with Crippen LogP contribution < -0.4 is 0 Å². The Labute approximate surface area is 174 Å². The molecule has 156 valence electrons. The predicted molar refractivity (Wildman–Crippen MR) is 115 cm³/mol. The molecule has 29 heavy (non-hydrogen) atoms. The standard InChI is InChI=1S/C24H31NO3S/c1-23(2,3)18-8-13(9-19(21(18)26)24(4,5)6)7-15(12-25)29(27,28)22-14-10-16-17(11-14)20(16)22/h7-9,14,16-17,20,22,26H,10-11H2,1-6H3/b15-7+. The van der Waals surface area contributed by atoms with Crippen molar-refractivity contribution in [2.45, 2.75) is 70.5 Å². The number of hydrogen-bond acceptors (Lipinski definition) is 4. The van der Waals surface area contributed by atoms with Crippen molar-refractivity contribution in [2.24, 2.45) is 23.7 Å². The average molecular weight is 414 g/mol. The Morgan fingerprint density at radius 1 is 1.07 bits per heavy atom. The molecule has 5 rings (SSSR count). The normalized spacial score (nSPS) is 31.1. The van der Waals surface area contributed by atoms with E-state index in [1.807, 2.05) is 59.7 Å². The number of sulfone groups is 1. The summed E-state index contributed by atoms with van der Waals surface area (Å²) >= 11 is 0. The molecule has 4 aliphatic carbocycles. The van der Waals surface area contributed by atoms with Crippen molar-refractivity contribution in [1.29, 1.82) is 5.26 Å². The van der Waals surface area contributed by atoms with Gasteiger partial charge in [0, 0.05) is 11.1 Å². The molecule has 0 radical (unpaired) electrons. The summed E-state index contributed by atoms with van der Waals surface area (Å²) < 4.78 is 26.7. The second kappa shape index (κ2) is 6.11. The summed E-state index contributed by atoms with van der Waals surface area (Å²) in [7, 11) is -3.63. The van der Waals surface area contributed by atoms with Gasteiger partial charge < -0.3 is 5.11 Å². The molecule has 4 aliphatic rings. The van der Waals surface area contributed by atoms with Crippen LogP contribution in [0.5, 0.6) is 5.75 Å². The van der Waals surface area contributed by atoms with Crippen LogP contribution in [0.2, 0.25) is 0 Å². The molecule has 0 aromatic heterocycles. The Morgan fingerprint density at radius 3 is 1.90 bits per heavy atom. The molecule has 4 bridgehead atoms. The summed E-state index contributed by atoms with van der Waals surface area (Å²) in [6, 6.07) is 5.64. The minimum absolute atomic E-state index is 0.133. The van der Waals surface area contributed by atoms with Crippen molar-refractivity contribution in [1.82, 2.24) is 0 Å². The lowest BCUT2D eigenvalue weighted by Crippen LogP contribution is -2.26. The molecule has 3 unspecified atom stereocenters. The molecular weight excluding hydrogens is 382 g/mol. The van der Waals surface area contributed by atoms with Crippen LogP contribution in [-0.4, -0.2) is 18.8 Å². The Kier molecular flexibility index (Phi) is 4.31. The lowest BCUT2D eigenvalue weighted by molar-refractivity contribution is 0.423. The largest absolute Gasteiger partial charge is 0.507 e. The van der Waals surface area contributed by atoms with Crippen LogP contribution in [0, 0.1) is 35.0 Å². The third-order valence-electron chi connectivity index (χ3n) is 7.21. The minimum atomic E-state index is -3.63. The van der Waals surface area contributed by atoms with Gasteiger partial charge in [-0.1, -0.05) is 41.5 Å². The zero-order valence-corrected chi connectivity index (χ0v) is 19.0. The first-order chi connectivity index (χ1) is 13.3. The van der Waals surface area contributed by atoms with E-state index in [0.717, 1.165) is 24.0 Å². The summed E-state index contributed by atoms with van der Waals surface area (Å²) in [6.07, 6.45) is 3.55. The smallest absolute Gasteiger partial charge is 0.191 e. The Hall–Kier alpha value is -1.80. The third-order valence-corrected chi connectivity index (χ3v) is 9.45. The van der Waals surface area contributed by atoms with Crippen molar-refractivity contribution in [2.75, 3.05) is 0 Å². The number of aromatic hydroxyl groups is 1. The van der Waals surface area contributed by atoms with Crippen LogP contribution in [0.15, 0.2) is 17.0 Å². The highest BCUT2D eigenvalue weighted by Crippen LogP contribution is 2.72. The number of phenols is 1. The predicted octanol–water partition coefficient (Wildman–Crippen LogP) is 4.92. The second-order valence-corrected chi connectivity index (χ2v) is 13.3. The van der Waals surface area contributed by atoms with Crippen LogP contribution in [0.25, 0.3) is 6.08 Å². The van der Waals surface area contributed by atoms with Crippen LogP contribution in [0.3, 0.4) is 0 Å². The van der Waals surface area contributed by atoms with Crippen molar-refractivity contribution in [3.8, 4) is 11.8 Å². The Morgan fingerprint density at radius 2 is 1.55 bits per heavy atom. The minimum Gasteiger partial charge on any atom is -0.507 e. The number of allylic oxidation sites excluding steroid dienone is 1. The fourth-order valence-corrected chi connectivity index (χ4v) is 8.09. The van der Waals surface area contributed by atoms with Gasteiger partial charge in [0.25, 0.3) is 0 Å². The number of rotatable bonds is 3. The van der Waals surface area contributed by atoms with E-state index in [1.54, 1.807) is 0 Å². The summed E-state index contributed by atoms with van der Waals surface area (Å²) in [5, 5.41) is 20.3. The quantitative estimate of drug-likeness (QED) is 0.713. The average Bonchev–Trinajstić information content (AvgIpc) is 3.00. The lowest BCUT2D eigenvalue weighted by Gasteiger charge is -2.28. The van der Waals surface area contributed by atoms with E-state index in [4.69, 9.17) is 0 Å². The van der Waals surface area contributed by atoms with E-state index < -0.39 is 9.84 Å². The van der Waals surface area contributed by atoms with E-state index in [0.29, 0.717) is 17.4 Å². The van der Waals surface area contributed by atoms with Gasteiger partial charge >= 0.3 is 0 Å². The molecule has 0 amide bonds. The highest BCUT2D eigenvalue weighted by atomic mass is 32.2. The SMILES string of the molecule is CC(C)(C)c1cc(/C=C(\C#N)S(=O)(=O)C2C3CC4C(C3)C42)cc(C(C)(C)C)c1O. The Bertz CT molecular complexity index is 998. The zero-order chi connectivity index (χ0) is 21.5. The molecule has 0 spiro atoms. The van der Waals surface area contributed by atoms with Gasteiger partial charge in [0.05, 0.1) is 5.25 Å². The maximum atomic E-state index is 13.3. The van der Waals surface area contributed by atoms with Gasteiger partial charge in [-0.2, -0.15) is 5.26 Å². The van der Waals surface area contributed by atoms with Gasteiger partial charge in [0.2, 0.25) is 0 Å². The third kappa shape index (κ3) is 3.11. The maximum Gasteiger partial charge on any atom is 0.191 e. The van der Waals surface area contributed by atoms with Crippen molar-refractivity contribution >= 4 is 15.9 Å². The first-order valence-electron chi connectivity index (χ1n) is 10.5. The monoisotopic (exact) mass is 413 g/mol. The molecule has 3 atom stereocenters. The molecule has 1 N–H and O–H groups in total. The van der Waals surface area contributed by atoms with E-state index in [9.17, 15) is 18.8 Å². The fourth-order valence-electron chi connectivity index (χ4n) is 5.82. The number of nitriles is 1. The van der Waals surface area contributed by atoms with Gasteiger partial charge in [-0.3, -0.25) is 0 Å². The van der Waals surface area contributed by atoms with E-state index in [-0.39, 0.29) is 38.6 Å². The van der Waals surface area contributed by atoms with Crippen molar-refractivity contribution < 1.29 is 13.5 Å². The molecule has 0 saturated heterocycles. The van der Waals surface area contributed by atoms with Crippen molar-refractivity contribution in [3.63, 3.8) is 0 Å². The molecule has 4 nitrogen and oxygen atoms in total. The topological polar surface area (TPSA) is 78.2 Å². The van der Waals surface area contributed by atoms with Crippen LogP contribution in [0.1, 0.15) is 71.1 Å². The van der Waals surface area contributed by atoms with Crippen molar-refractivity contribution in [3.05, 3.63) is 33.7 Å². The molecule has 4 saturated carbocycles. The van der Waals surface area contributed by atoms with Gasteiger partial charge in [-0.05, 0) is 71.1 Å². The lowest BCUT2D eigenvalue weighted by atomic mass is 9.78. The number of phenolic OH excluding ortho intramolecular Hbond substituents is 1. The van der Waals surface area contributed by atoms with E-state index in [2.05, 4.69) is 0 Å². The van der Waals surface area contributed by atoms with E-state index >= 15 is 0 Å².